The minimum Gasteiger partial charge on any atom is -0.509 e. The van der Waals surface area contributed by atoms with Crippen LogP contribution in [0.15, 0.2) is 78.5 Å². The van der Waals surface area contributed by atoms with Gasteiger partial charge >= 0.3 is 21.1 Å². The van der Waals surface area contributed by atoms with Crippen LogP contribution in [0.4, 0.5) is 0 Å². The number of benzene rings is 3. The van der Waals surface area contributed by atoms with Gasteiger partial charge < -0.3 is 9.30 Å². The number of hydrogen-bond donors (Lipinski definition) is 0. The Hall–Kier alpha value is -3.95. The van der Waals surface area contributed by atoms with Gasteiger partial charge in [0.2, 0.25) is 0 Å². The molecule has 1 unspecified atom stereocenters. The molecule has 0 bridgehead atoms. The van der Waals surface area contributed by atoms with Crippen molar-refractivity contribution < 1.29 is 25.8 Å². The third-order valence-corrected chi connectivity index (χ3v) is 9.46. The van der Waals surface area contributed by atoms with E-state index in [1.807, 2.05) is 24.4 Å². The number of fused-ring (bicyclic) bond motifs is 3. The Kier molecular flexibility index (Phi) is 9.06. The number of aromatic nitrogens is 4. The molecule has 47 heavy (non-hydrogen) atoms. The van der Waals surface area contributed by atoms with Crippen molar-refractivity contribution in [2.24, 2.45) is 11.8 Å². The van der Waals surface area contributed by atoms with Gasteiger partial charge in [-0.1, -0.05) is 70.0 Å². The van der Waals surface area contributed by atoms with Crippen molar-refractivity contribution in [3.05, 3.63) is 119 Å². The Morgan fingerprint density at radius 1 is 0.872 bits per heavy atom. The smallest absolute Gasteiger partial charge is 0.509 e. The molecule has 6 heteroatoms. The summed E-state index contributed by atoms with van der Waals surface area (Å²) in [6.07, 6.45) is 5.51. The number of ether oxygens (including phenoxy) is 1. The predicted molar refractivity (Wildman–Crippen MR) is 188 cm³/mol. The van der Waals surface area contributed by atoms with Gasteiger partial charge in [0.25, 0.3) is 0 Å². The van der Waals surface area contributed by atoms with Crippen LogP contribution in [0.25, 0.3) is 33.3 Å². The molecule has 0 saturated heterocycles. The van der Waals surface area contributed by atoms with E-state index in [-0.39, 0.29) is 21.1 Å². The van der Waals surface area contributed by atoms with Crippen LogP contribution in [-0.4, -0.2) is 19.3 Å². The molecule has 0 N–H and O–H groups in total. The normalized spacial score (nSPS) is 18.1. The molecule has 0 spiro atoms. The maximum atomic E-state index is 6.54. The predicted octanol–water partition coefficient (Wildman–Crippen LogP) is 10.5. The minimum atomic E-state index is 0. The second kappa shape index (κ2) is 12.9. The summed E-state index contributed by atoms with van der Waals surface area (Å²) in [5.41, 5.74) is 10.3. The van der Waals surface area contributed by atoms with Gasteiger partial charge in [-0.2, -0.15) is 16.7 Å². The van der Waals surface area contributed by atoms with E-state index >= 15 is 0 Å². The number of para-hydroxylation sites is 1. The van der Waals surface area contributed by atoms with Crippen LogP contribution in [0.1, 0.15) is 81.0 Å². The number of aryl methyl sites for hydroxylation is 3. The third-order valence-electron chi connectivity index (χ3n) is 9.46. The number of rotatable bonds is 6. The molecule has 6 aromatic rings. The molecule has 7 rings (SSSR count). The first-order valence-corrected chi connectivity index (χ1v) is 16.5. The van der Waals surface area contributed by atoms with Gasteiger partial charge in [0, 0.05) is 40.4 Å². The summed E-state index contributed by atoms with van der Waals surface area (Å²) >= 11 is 0. The quantitative estimate of drug-likeness (QED) is 0.124. The molecule has 3 heterocycles. The SMILES string of the molecule is CC1=C[C@H](C)C[C@H](C)C1c1c(C)nn(-c2[c-]c(Oc3[c-]c4c(cc3)c3ccccc3n4-c3cc(C)ccn3)cc(C)c2)c1C(C)C.[Pt+2]. The van der Waals surface area contributed by atoms with Crippen LogP contribution in [0.3, 0.4) is 0 Å². The molecular formula is C41H42N4OPt. The molecule has 1 aliphatic rings. The molecule has 0 fully saturated rings. The Bertz CT molecular complexity index is 2140. The maximum absolute atomic E-state index is 6.54. The van der Waals surface area contributed by atoms with E-state index < -0.39 is 0 Å². The fraction of sp³-hybridized carbons (Fsp3) is 0.317. The van der Waals surface area contributed by atoms with E-state index in [2.05, 4.69) is 125 Å². The Balaban J connectivity index is 0.00000386. The fourth-order valence-electron chi connectivity index (χ4n) is 7.75. The number of nitrogens with zero attached hydrogens (tertiary/aromatic N) is 4. The zero-order valence-corrected chi connectivity index (χ0v) is 30.7. The van der Waals surface area contributed by atoms with Gasteiger partial charge in [0.05, 0.1) is 5.69 Å². The Morgan fingerprint density at radius 3 is 2.40 bits per heavy atom. The van der Waals surface area contributed by atoms with Crippen LogP contribution < -0.4 is 4.74 Å². The summed E-state index contributed by atoms with van der Waals surface area (Å²) in [7, 11) is 0. The molecule has 3 aromatic carbocycles. The van der Waals surface area contributed by atoms with E-state index in [0.717, 1.165) is 50.1 Å². The standard InChI is InChI=1S/C41H42N4O.Pt/c1-24(2)41-40(39-28(6)17-26(4)18-29(39)7)30(8)43-45(41)31-19-27(5)20-33(22-31)46-32-13-14-35-34-11-9-10-12-36(34)44(37(35)23-32)38-21-25(3)15-16-42-38;/h9-17,19-21,24,26,29,39H,18H2,1-8H3;/q-2;+2/t26-,29-,39?;/m0./s1. The molecule has 5 nitrogen and oxygen atoms in total. The van der Waals surface area contributed by atoms with E-state index in [0.29, 0.717) is 35.2 Å². The van der Waals surface area contributed by atoms with Crippen molar-refractivity contribution in [3.8, 4) is 23.0 Å². The van der Waals surface area contributed by atoms with E-state index in [1.165, 1.54) is 23.3 Å². The summed E-state index contributed by atoms with van der Waals surface area (Å²) < 4.78 is 10.8. The fourth-order valence-corrected chi connectivity index (χ4v) is 7.75. The topological polar surface area (TPSA) is 44.9 Å². The van der Waals surface area contributed by atoms with Gasteiger partial charge in [0.1, 0.15) is 5.82 Å². The first kappa shape index (κ1) is 33.0. The van der Waals surface area contributed by atoms with Crippen molar-refractivity contribution in [1.29, 1.82) is 0 Å². The molecular weight excluding hydrogens is 760 g/mol. The van der Waals surface area contributed by atoms with Crippen molar-refractivity contribution in [3.63, 3.8) is 0 Å². The molecule has 242 valence electrons. The van der Waals surface area contributed by atoms with E-state index in [9.17, 15) is 0 Å². The van der Waals surface area contributed by atoms with Gasteiger partial charge in [-0.3, -0.25) is 4.68 Å². The molecule has 0 radical (unpaired) electrons. The first-order chi connectivity index (χ1) is 22.1. The maximum Gasteiger partial charge on any atom is 2.00 e. The Morgan fingerprint density at radius 2 is 1.66 bits per heavy atom. The van der Waals surface area contributed by atoms with Crippen molar-refractivity contribution >= 4 is 21.8 Å². The number of hydrogen-bond acceptors (Lipinski definition) is 3. The minimum absolute atomic E-state index is 0. The monoisotopic (exact) mass is 801 g/mol. The summed E-state index contributed by atoms with van der Waals surface area (Å²) in [5, 5.41) is 7.42. The van der Waals surface area contributed by atoms with Crippen molar-refractivity contribution in [1.82, 2.24) is 19.3 Å². The molecule has 3 aromatic heterocycles. The zero-order chi connectivity index (χ0) is 32.3. The zero-order valence-electron chi connectivity index (χ0n) is 28.5. The summed E-state index contributed by atoms with van der Waals surface area (Å²) in [6.45, 7) is 17.9. The van der Waals surface area contributed by atoms with Crippen LogP contribution >= 0.6 is 0 Å². The third kappa shape index (κ3) is 6.00. The Labute approximate surface area is 292 Å². The summed E-state index contributed by atoms with van der Waals surface area (Å²) in [6, 6.07) is 28.0. The first-order valence-electron chi connectivity index (χ1n) is 16.5. The second-order valence-electron chi connectivity index (χ2n) is 13.7. The van der Waals surface area contributed by atoms with Gasteiger partial charge in [-0.25, -0.2) is 4.98 Å². The summed E-state index contributed by atoms with van der Waals surface area (Å²) in [5.74, 6) is 3.97. The van der Waals surface area contributed by atoms with Crippen LogP contribution in [0.5, 0.6) is 11.5 Å². The largest absolute Gasteiger partial charge is 2.00 e. The van der Waals surface area contributed by atoms with E-state index in [4.69, 9.17) is 14.8 Å². The van der Waals surface area contributed by atoms with Gasteiger partial charge in [-0.15, -0.1) is 35.7 Å². The molecule has 0 amide bonds. The number of allylic oxidation sites excluding steroid dienone is 2. The van der Waals surface area contributed by atoms with Gasteiger partial charge in [0.15, 0.2) is 0 Å². The molecule has 3 atom stereocenters. The van der Waals surface area contributed by atoms with Crippen LogP contribution in [-0.2, 0) is 21.1 Å². The molecule has 0 saturated carbocycles. The average Bonchev–Trinajstić information content (AvgIpc) is 3.51. The molecule has 0 aliphatic heterocycles. The molecule has 1 aliphatic carbocycles. The van der Waals surface area contributed by atoms with E-state index in [1.54, 1.807) is 0 Å². The van der Waals surface area contributed by atoms with Crippen LogP contribution in [0, 0.1) is 44.7 Å². The van der Waals surface area contributed by atoms with Crippen molar-refractivity contribution in [2.45, 2.75) is 73.6 Å². The average molecular weight is 802 g/mol. The number of pyridine rings is 1. The van der Waals surface area contributed by atoms with Gasteiger partial charge in [-0.05, 0) is 79.8 Å². The van der Waals surface area contributed by atoms with Crippen LogP contribution in [0.2, 0.25) is 0 Å². The van der Waals surface area contributed by atoms with Crippen molar-refractivity contribution in [2.75, 3.05) is 0 Å². The summed E-state index contributed by atoms with van der Waals surface area (Å²) in [4.78, 5) is 4.71. The second-order valence-corrected chi connectivity index (χ2v) is 13.7.